The van der Waals surface area contributed by atoms with Gasteiger partial charge in [0.2, 0.25) is 0 Å². The number of para-hydroxylation sites is 2. The Morgan fingerprint density at radius 1 is 1.25 bits per heavy atom. The van der Waals surface area contributed by atoms with Gasteiger partial charge in [-0.2, -0.15) is 0 Å². The van der Waals surface area contributed by atoms with E-state index >= 15 is 0 Å². The summed E-state index contributed by atoms with van der Waals surface area (Å²) in [6, 6.07) is 8.16. The minimum absolute atomic E-state index is 0.0386. The number of benzene rings is 1. The Hall–Kier alpha value is -2.21. The SMILES string of the molecule is Cc1nc(C)c(C(=O)N2CCC[C@@H]2c2nc3ccccc3n2C)s1. The van der Waals surface area contributed by atoms with E-state index < -0.39 is 0 Å². The van der Waals surface area contributed by atoms with Crippen LogP contribution < -0.4 is 0 Å². The van der Waals surface area contributed by atoms with Crippen molar-refractivity contribution in [3.63, 3.8) is 0 Å². The van der Waals surface area contributed by atoms with E-state index in [1.54, 1.807) is 0 Å². The molecule has 1 fully saturated rings. The van der Waals surface area contributed by atoms with E-state index in [-0.39, 0.29) is 11.9 Å². The van der Waals surface area contributed by atoms with E-state index in [0.717, 1.165) is 51.8 Å². The lowest BCUT2D eigenvalue weighted by Gasteiger charge is -2.24. The molecule has 24 heavy (non-hydrogen) atoms. The molecule has 1 amide bonds. The van der Waals surface area contributed by atoms with E-state index in [1.807, 2.05) is 44.0 Å². The highest BCUT2D eigenvalue weighted by atomic mass is 32.1. The second-order valence-electron chi connectivity index (χ2n) is 6.32. The third kappa shape index (κ3) is 2.33. The predicted octanol–water partition coefficient (Wildman–Crippen LogP) is 3.62. The third-order valence-electron chi connectivity index (χ3n) is 4.73. The summed E-state index contributed by atoms with van der Waals surface area (Å²) >= 11 is 1.49. The summed E-state index contributed by atoms with van der Waals surface area (Å²) in [6.07, 6.45) is 1.97. The van der Waals surface area contributed by atoms with Gasteiger partial charge in [-0.3, -0.25) is 4.79 Å². The molecular weight excluding hydrogens is 320 g/mol. The normalized spacial score (nSPS) is 17.8. The third-order valence-corrected chi connectivity index (χ3v) is 5.79. The largest absolute Gasteiger partial charge is 0.329 e. The topological polar surface area (TPSA) is 51.0 Å². The van der Waals surface area contributed by atoms with Crippen LogP contribution >= 0.6 is 11.3 Å². The zero-order valence-electron chi connectivity index (χ0n) is 14.1. The van der Waals surface area contributed by atoms with Crippen LogP contribution in [0.1, 0.15) is 45.1 Å². The van der Waals surface area contributed by atoms with Crippen molar-refractivity contribution in [1.29, 1.82) is 0 Å². The zero-order valence-corrected chi connectivity index (χ0v) is 14.9. The lowest BCUT2D eigenvalue weighted by Crippen LogP contribution is -2.31. The number of hydrogen-bond acceptors (Lipinski definition) is 4. The number of nitrogens with zero attached hydrogens (tertiary/aromatic N) is 4. The summed E-state index contributed by atoms with van der Waals surface area (Å²) in [5.74, 6) is 1.06. The van der Waals surface area contributed by atoms with E-state index in [2.05, 4.69) is 15.6 Å². The second kappa shape index (κ2) is 5.70. The van der Waals surface area contributed by atoms with Crippen LogP contribution in [0.4, 0.5) is 0 Å². The number of carbonyl (C=O) groups is 1. The summed E-state index contributed by atoms with van der Waals surface area (Å²) < 4.78 is 2.12. The van der Waals surface area contributed by atoms with Gasteiger partial charge in [-0.05, 0) is 38.8 Å². The summed E-state index contributed by atoms with van der Waals surface area (Å²) in [7, 11) is 2.04. The van der Waals surface area contributed by atoms with Gasteiger partial charge in [0.05, 0.1) is 27.8 Å². The number of fused-ring (bicyclic) bond motifs is 1. The molecule has 0 aliphatic carbocycles. The molecule has 0 spiro atoms. The van der Waals surface area contributed by atoms with E-state index in [4.69, 9.17) is 4.98 Å². The summed E-state index contributed by atoms with van der Waals surface area (Å²) in [6.45, 7) is 4.64. The Labute approximate surface area is 145 Å². The average Bonchev–Trinajstić information content (AvgIpc) is 3.25. The molecule has 124 valence electrons. The molecule has 1 aliphatic heterocycles. The van der Waals surface area contributed by atoms with Crippen LogP contribution in [0.15, 0.2) is 24.3 Å². The van der Waals surface area contributed by atoms with Crippen molar-refractivity contribution in [1.82, 2.24) is 19.4 Å². The molecule has 3 aromatic rings. The Morgan fingerprint density at radius 2 is 2.04 bits per heavy atom. The first-order valence-corrected chi connectivity index (χ1v) is 9.04. The molecule has 4 rings (SSSR count). The van der Waals surface area contributed by atoms with E-state index in [1.165, 1.54) is 11.3 Å². The quantitative estimate of drug-likeness (QED) is 0.716. The van der Waals surface area contributed by atoms with Crippen molar-refractivity contribution in [3.8, 4) is 0 Å². The van der Waals surface area contributed by atoms with E-state index in [0.29, 0.717) is 0 Å². The van der Waals surface area contributed by atoms with Crippen LogP contribution in [-0.4, -0.2) is 31.9 Å². The first kappa shape index (κ1) is 15.3. The number of hydrogen-bond donors (Lipinski definition) is 0. The Morgan fingerprint density at radius 3 is 2.75 bits per heavy atom. The van der Waals surface area contributed by atoms with Crippen molar-refractivity contribution >= 4 is 28.3 Å². The van der Waals surface area contributed by atoms with Gasteiger partial charge in [-0.25, -0.2) is 9.97 Å². The molecule has 5 nitrogen and oxygen atoms in total. The van der Waals surface area contributed by atoms with Gasteiger partial charge < -0.3 is 9.47 Å². The highest BCUT2D eigenvalue weighted by Crippen LogP contribution is 2.35. The Kier molecular flexibility index (Phi) is 3.64. The number of carbonyl (C=O) groups excluding carboxylic acids is 1. The highest BCUT2D eigenvalue weighted by molar-refractivity contribution is 7.13. The van der Waals surface area contributed by atoms with Crippen molar-refractivity contribution in [2.45, 2.75) is 32.7 Å². The van der Waals surface area contributed by atoms with Gasteiger partial charge in [-0.15, -0.1) is 11.3 Å². The molecule has 1 aliphatic rings. The maximum absolute atomic E-state index is 13.1. The molecule has 0 unspecified atom stereocenters. The van der Waals surface area contributed by atoms with Crippen LogP contribution in [0.5, 0.6) is 0 Å². The lowest BCUT2D eigenvalue weighted by atomic mass is 10.2. The van der Waals surface area contributed by atoms with Crippen molar-refractivity contribution in [2.75, 3.05) is 6.54 Å². The van der Waals surface area contributed by atoms with Crippen LogP contribution in [0.25, 0.3) is 11.0 Å². The number of aryl methyl sites for hydroxylation is 3. The number of likely N-dealkylation sites (tertiary alicyclic amines) is 1. The van der Waals surface area contributed by atoms with Gasteiger partial charge >= 0.3 is 0 Å². The molecule has 0 radical (unpaired) electrons. The maximum Gasteiger partial charge on any atom is 0.266 e. The molecule has 6 heteroatoms. The summed E-state index contributed by atoms with van der Waals surface area (Å²) in [5, 5.41) is 0.939. The van der Waals surface area contributed by atoms with Gasteiger partial charge in [-0.1, -0.05) is 12.1 Å². The minimum atomic E-state index is 0.0386. The van der Waals surface area contributed by atoms with Crippen molar-refractivity contribution in [2.24, 2.45) is 7.05 Å². The molecule has 0 bridgehead atoms. The number of imidazole rings is 1. The zero-order chi connectivity index (χ0) is 16.8. The standard InChI is InChI=1S/C18H20N4OS/c1-11-16(24-12(2)19-11)18(23)22-10-6-9-15(22)17-20-13-7-4-5-8-14(13)21(17)3/h4-5,7-8,15H,6,9-10H2,1-3H3/t15-/m1/s1. The summed E-state index contributed by atoms with van der Waals surface area (Å²) in [4.78, 5) is 25.0. The number of rotatable bonds is 2. The highest BCUT2D eigenvalue weighted by Gasteiger charge is 2.35. The maximum atomic E-state index is 13.1. The average molecular weight is 340 g/mol. The number of aromatic nitrogens is 3. The fraction of sp³-hybridized carbons (Fsp3) is 0.389. The second-order valence-corrected chi connectivity index (χ2v) is 7.52. The molecule has 3 heterocycles. The molecular formula is C18H20N4OS. The van der Waals surface area contributed by atoms with Gasteiger partial charge in [0.25, 0.3) is 5.91 Å². The first-order chi connectivity index (χ1) is 11.6. The van der Waals surface area contributed by atoms with Crippen LogP contribution in [0.3, 0.4) is 0 Å². The lowest BCUT2D eigenvalue weighted by molar-refractivity contribution is 0.0732. The molecule has 0 saturated carbocycles. The smallest absolute Gasteiger partial charge is 0.266 e. The van der Waals surface area contributed by atoms with Crippen LogP contribution in [-0.2, 0) is 7.05 Å². The number of thiazole rings is 1. The van der Waals surface area contributed by atoms with Gasteiger partial charge in [0.15, 0.2) is 0 Å². The fourth-order valence-corrected chi connectivity index (χ4v) is 4.48. The predicted molar refractivity (Wildman–Crippen MR) is 95.3 cm³/mol. The van der Waals surface area contributed by atoms with Crippen molar-refractivity contribution in [3.05, 3.63) is 45.7 Å². The summed E-state index contributed by atoms with van der Waals surface area (Å²) in [5.41, 5.74) is 2.92. The number of amides is 1. The molecule has 1 atom stereocenters. The van der Waals surface area contributed by atoms with E-state index in [9.17, 15) is 4.79 Å². The van der Waals surface area contributed by atoms with Crippen LogP contribution in [0, 0.1) is 13.8 Å². The molecule has 1 saturated heterocycles. The van der Waals surface area contributed by atoms with Crippen LogP contribution in [0.2, 0.25) is 0 Å². The first-order valence-electron chi connectivity index (χ1n) is 8.22. The van der Waals surface area contributed by atoms with Crippen molar-refractivity contribution < 1.29 is 4.79 Å². The molecule has 2 aromatic heterocycles. The Bertz CT molecular complexity index is 926. The monoisotopic (exact) mass is 340 g/mol. The fourth-order valence-electron chi connectivity index (χ4n) is 3.60. The molecule has 0 N–H and O–H groups in total. The van der Waals surface area contributed by atoms with Gasteiger partial charge in [0.1, 0.15) is 10.7 Å². The van der Waals surface area contributed by atoms with Gasteiger partial charge in [0, 0.05) is 13.6 Å². The Balaban J connectivity index is 1.73. The molecule has 1 aromatic carbocycles. The minimum Gasteiger partial charge on any atom is -0.329 e.